The fourth-order valence-corrected chi connectivity index (χ4v) is 3.48. The minimum Gasteiger partial charge on any atom is -0.471 e. The highest BCUT2D eigenvalue weighted by Gasteiger charge is 2.19. The maximum atomic E-state index is 6.21. The van der Waals surface area contributed by atoms with Gasteiger partial charge in [-0.2, -0.15) is 4.98 Å². The van der Waals surface area contributed by atoms with Crippen LogP contribution in [0.1, 0.15) is 6.42 Å². The lowest BCUT2D eigenvalue weighted by Gasteiger charge is -2.13. The summed E-state index contributed by atoms with van der Waals surface area (Å²) in [7, 11) is 1.84. The first kappa shape index (κ1) is 18.0. The monoisotopic (exact) mass is 403 g/mol. The first-order chi connectivity index (χ1) is 13.2. The summed E-state index contributed by atoms with van der Waals surface area (Å²) in [4.78, 5) is 13.4. The number of ether oxygens (including phenoxy) is 2. The third kappa shape index (κ3) is 4.29. The molecule has 1 fully saturated rings. The van der Waals surface area contributed by atoms with E-state index in [1.54, 1.807) is 18.3 Å². The van der Waals surface area contributed by atoms with Crippen LogP contribution in [0.15, 0.2) is 35.8 Å². The van der Waals surface area contributed by atoms with Crippen molar-refractivity contribution in [2.24, 2.45) is 0 Å². The number of hydrogen-bond acceptors (Lipinski definition) is 8. The van der Waals surface area contributed by atoms with Crippen LogP contribution in [0.4, 0.5) is 16.8 Å². The van der Waals surface area contributed by atoms with Gasteiger partial charge in [0.2, 0.25) is 5.88 Å². The quantitative estimate of drug-likeness (QED) is 0.638. The molecule has 0 aliphatic carbocycles. The van der Waals surface area contributed by atoms with Crippen molar-refractivity contribution in [1.82, 2.24) is 15.0 Å². The molecule has 1 aliphatic rings. The summed E-state index contributed by atoms with van der Waals surface area (Å²) in [6.07, 6.45) is 2.62. The number of halogens is 1. The molecule has 7 nitrogen and oxygen atoms in total. The van der Waals surface area contributed by atoms with Gasteiger partial charge in [-0.25, -0.2) is 9.97 Å². The predicted octanol–water partition coefficient (Wildman–Crippen LogP) is 4.21. The van der Waals surface area contributed by atoms with Crippen molar-refractivity contribution >= 4 is 39.7 Å². The largest absolute Gasteiger partial charge is 0.471 e. The van der Waals surface area contributed by atoms with Crippen molar-refractivity contribution in [1.29, 1.82) is 0 Å². The Morgan fingerprint density at radius 1 is 1.22 bits per heavy atom. The number of aromatic nitrogens is 3. The molecule has 3 aromatic heterocycles. The fourth-order valence-electron chi connectivity index (χ4n) is 2.61. The number of nitrogens with one attached hydrogen (secondary N) is 2. The molecule has 2 N–H and O–H groups in total. The molecule has 0 aromatic carbocycles. The molecule has 0 spiro atoms. The zero-order valence-electron chi connectivity index (χ0n) is 14.6. The first-order valence-electron chi connectivity index (χ1n) is 8.49. The van der Waals surface area contributed by atoms with E-state index < -0.39 is 0 Å². The summed E-state index contributed by atoms with van der Waals surface area (Å²) in [6.45, 7) is 1.26. The van der Waals surface area contributed by atoms with Gasteiger partial charge in [-0.3, -0.25) is 0 Å². The number of pyridine rings is 2. The molecule has 1 aliphatic heterocycles. The molecule has 0 saturated carbocycles. The first-order valence-corrected chi connectivity index (χ1v) is 9.75. The molecule has 0 amide bonds. The van der Waals surface area contributed by atoms with Crippen molar-refractivity contribution in [3.63, 3.8) is 0 Å². The molecule has 9 heteroatoms. The summed E-state index contributed by atoms with van der Waals surface area (Å²) in [5.74, 6) is 1.84. The van der Waals surface area contributed by atoms with E-state index in [9.17, 15) is 0 Å². The van der Waals surface area contributed by atoms with Crippen molar-refractivity contribution in [3.05, 3.63) is 40.9 Å². The Morgan fingerprint density at radius 2 is 2.11 bits per heavy atom. The second-order valence-electron chi connectivity index (χ2n) is 5.93. The second-order valence-corrected chi connectivity index (χ2v) is 7.20. The van der Waals surface area contributed by atoms with Crippen molar-refractivity contribution in [3.8, 4) is 17.1 Å². The van der Waals surface area contributed by atoms with Crippen molar-refractivity contribution in [2.45, 2.75) is 12.5 Å². The van der Waals surface area contributed by atoms with Crippen LogP contribution in [0.5, 0.6) is 5.88 Å². The van der Waals surface area contributed by atoms with Crippen LogP contribution in [0.2, 0.25) is 5.02 Å². The Bertz CT molecular complexity index is 912. The van der Waals surface area contributed by atoms with Gasteiger partial charge in [-0.1, -0.05) is 11.6 Å². The summed E-state index contributed by atoms with van der Waals surface area (Å²) in [5.41, 5.74) is 1.80. The van der Waals surface area contributed by atoms with E-state index in [-0.39, 0.29) is 6.10 Å². The van der Waals surface area contributed by atoms with Gasteiger partial charge in [-0.05, 0) is 24.3 Å². The molecule has 4 rings (SSSR count). The van der Waals surface area contributed by atoms with E-state index in [0.29, 0.717) is 29.9 Å². The number of anilines is 3. The van der Waals surface area contributed by atoms with Gasteiger partial charge in [0, 0.05) is 30.6 Å². The molecule has 27 heavy (non-hydrogen) atoms. The molecular weight excluding hydrogens is 386 g/mol. The van der Waals surface area contributed by atoms with Gasteiger partial charge in [0.05, 0.1) is 18.9 Å². The molecule has 0 bridgehead atoms. The van der Waals surface area contributed by atoms with Gasteiger partial charge in [0.1, 0.15) is 22.8 Å². The van der Waals surface area contributed by atoms with Crippen LogP contribution in [0.25, 0.3) is 11.3 Å². The van der Waals surface area contributed by atoms with Crippen LogP contribution < -0.4 is 15.4 Å². The summed E-state index contributed by atoms with van der Waals surface area (Å²) in [6, 6.07) is 7.45. The number of rotatable bonds is 6. The third-order valence-electron chi connectivity index (χ3n) is 4.03. The molecular formula is C18H18ClN5O2S. The van der Waals surface area contributed by atoms with E-state index in [2.05, 4.69) is 25.6 Å². The highest BCUT2D eigenvalue weighted by atomic mass is 35.5. The molecule has 4 heterocycles. The van der Waals surface area contributed by atoms with Gasteiger partial charge >= 0.3 is 0 Å². The highest BCUT2D eigenvalue weighted by Crippen LogP contribution is 2.30. The van der Waals surface area contributed by atoms with Gasteiger partial charge in [0.25, 0.3) is 0 Å². The Labute approximate surface area is 165 Å². The average molecular weight is 404 g/mol. The third-order valence-corrected chi connectivity index (χ3v) is 5.08. The zero-order chi connectivity index (χ0) is 18.6. The van der Waals surface area contributed by atoms with Crippen LogP contribution in [0.3, 0.4) is 0 Å². The van der Waals surface area contributed by atoms with Crippen LogP contribution >= 0.6 is 22.9 Å². The lowest BCUT2D eigenvalue weighted by molar-refractivity contribution is 0.138. The normalized spacial score (nSPS) is 16.3. The molecule has 3 aromatic rings. The SMILES string of the molecule is CNc1ccc(-c2csc(Nc3ccc(Cl)c(O[C@@H]4CCOC4)n3)n2)cn1. The number of hydrogen-bond donors (Lipinski definition) is 2. The topological polar surface area (TPSA) is 81.2 Å². The number of thiazole rings is 1. The summed E-state index contributed by atoms with van der Waals surface area (Å²) in [5, 5.41) is 9.38. The second kappa shape index (κ2) is 8.08. The Balaban J connectivity index is 1.48. The Hall–Kier alpha value is -2.42. The molecule has 1 saturated heterocycles. The zero-order valence-corrected chi connectivity index (χ0v) is 16.2. The molecule has 0 radical (unpaired) electrons. The standard InChI is InChI=1S/C18H18ClN5O2S/c1-20-15-4-2-11(8-21-15)14-10-27-18(22-14)24-16-5-3-13(19)17(23-16)26-12-6-7-25-9-12/h2-5,8,10,12H,6-7,9H2,1H3,(H,20,21)(H,22,23,24)/t12-/m1/s1. The smallest absolute Gasteiger partial charge is 0.234 e. The van der Waals surface area contributed by atoms with E-state index in [1.807, 2.05) is 24.6 Å². The van der Waals surface area contributed by atoms with E-state index in [0.717, 1.165) is 28.6 Å². The predicted molar refractivity (Wildman–Crippen MR) is 107 cm³/mol. The lowest BCUT2D eigenvalue weighted by atomic mass is 10.2. The maximum absolute atomic E-state index is 6.21. The van der Waals surface area contributed by atoms with E-state index in [4.69, 9.17) is 21.1 Å². The highest BCUT2D eigenvalue weighted by molar-refractivity contribution is 7.14. The van der Waals surface area contributed by atoms with Gasteiger partial charge < -0.3 is 20.1 Å². The van der Waals surface area contributed by atoms with Gasteiger partial charge in [-0.15, -0.1) is 11.3 Å². The summed E-state index contributed by atoms with van der Waals surface area (Å²) >= 11 is 7.70. The fraction of sp³-hybridized carbons (Fsp3) is 0.278. The Kier molecular flexibility index (Phi) is 5.38. The Morgan fingerprint density at radius 3 is 2.85 bits per heavy atom. The lowest BCUT2D eigenvalue weighted by Crippen LogP contribution is -2.16. The van der Waals surface area contributed by atoms with E-state index in [1.165, 1.54) is 11.3 Å². The van der Waals surface area contributed by atoms with Crippen LogP contribution in [0, 0.1) is 0 Å². The van der Waals surface area contributed by atoms with Crippen LogP contribution in [-0.4, -0.2) is 41.3 Å². The van der Waals surface area contributed by atoms with Crippen molar-refractivity contribution in [2.75, 3.05) is 30.9 Å². The molecule has 1 atom stereocenters. The average Bonchev–Trinajstić information content (AvgIpc) is 3.37. The molecule has 140 valence electrons. The minimum atomic E-state index is -0.00945. The maximum Gasteiger partial charge on any atom is 0.234 e. The van der Waals surface area contributed by atoms with E-state index >= 15 is 0 Å². The summed E-state index contributed by atoms with van der Waals surface area (Å²) < 4.78 is 11.2. The number of nitrogens with zero attached hydrogens (tertiary/aromatic N) is 3. The van der Waals surface area contributed by atoms with Gasteiger partial charge in [0.15, 0.2) is 5.13 Å². The molecule has 0 unspecified atom stereocenters. The minimum absolute atomic E-state index is 0.00945. The van der Waals surface area contributed by atoms with Crippen molar-refractivity contribution < 1.29 is 9.47 Å². The van der Waals surface area contributed by atoms with Crippen LogP contribution in [-0.2, 0) is 4.74 Å².